The van der Waals surface area contributed by atoms with Crippen LogP contribution in [0.3, 0.4) is 0 Å². The van der Waals surface area contributed by atoms with Crippen LogP contribution in [0.4, 0.5) is 0 Å². The molecule has 0 radical (unpaired) electrons. The van der Waals surface area contributed by atoms with Crippen LogP contribution in [-0.2, 0) is 6.54 Å². The van der Waals surface area contributed by atoms with Gasteiger partial charge in [0, 0.05) is 17.1 Å². The molecule has 0 spiro atoms. The second-order valence-electron chi connectivity index (χ2n) is 4.86. The molecule has 3 nitrogen and oxygen atoms in total. The standard InChI is InChI=1S/C17H18N2O/c1-2-9-18-12-15-7-8-17(20-15)14-10-13-5-3-4-6-16(13)19-11-14/h3-8,10-11,18H,2,9,12H2,1H3. The van der Waals surface area contributed by atoms with E-state index in [2.05, 4.69) is 29.4 Å². The van der Waals surface area contributed by atoms with Gasteiger partial charge in [0.1, 0.15) is 11.5 Å². The third-order valence-electron chi connectivity index (χ3n) is 3.26. The lowest BCUT2D eigenvalue weighted by Crippen LogP contribution is -2.12. The van der Waals surface area contributed by atoms with E-state index in [-0.39, 0.29) is 0 Å². The van der Waals surface area contributed by atoms with E-state index in [9.17, 15) is 0 Å². The van der Waals surface area contributed by atoms with Crippen LogP contribution in [0.1, 0.15) is 19.1 Å². The number of nitrogens with one attached hydrogen (secondary N) is 1. The number of para-hydroxylation sites is 1. The third-order valence-corrected chi connectivity index (χ3v) is 3.26. The average Bonchev–Trinajstić information content (AvgIpc) is 2.96. The SMILES string of the molecule is CCCNCc1ccc(-c2cnc3ccccc3c2)o1. The Kier molecular flexibility index (Phi) is 3.79. The second-order valence-corrected chi connectivity index (χ2v) is 4.86. The minimum absolute atomic E-state index is 0.773. The highest BCUT2D eigenvalue weighted by atomic mass is 16.3. The molecule has 0 atom stereocenters. The first-order chi connectivity index (χ1) is 9.86. The van der Waals surface area contributed by atoms with Gasteiger partial charge in [-0.15, -0.1) is 0 Å². The average molecular weight is 266 g/mol. The summed E-state index contributed by atoms with van der Waals surface area (Å²) in [7, 11) is 0. The first-order valence-electron chi connectivity index (χ1n) is 7.01. The molecule has 2 aromatic heterocycles. The van der Waals surface area contributed by atoms with E-state index in [1.54, 1.807) is 0 Å². The van der Waals surface area contributed by atoms with Crippen LogP contribution in [0.5, 0.6) is 0 Å². The van der Waals surface area contributed by atoms with Crippen molar-refractivity contribution < 1.29 is 4.42 Å². The van der Waals surface area contributed by atoms with E-state index < -0.39 is 0 Å². The van der Waals surface area contributed by atoms with Gasteiger partial charge in [0.05, 0.1) is 12.1 Å². The smallest absolute Gasteiger partial charge is 0.135 e. The van der Waals surface area contributed by atoms with Gasteiger partial charge in [-0.3, -0.25) is 4.98 Å². The van der Waals surface area contributed by atoms with Crippen molar-refractivity contribution >= 4 is 10.9 Å². The van der Waals surface area contributed by atoms with Crippen LogP contribution in [0.2, 0.25) is 0 Å². The summed E-state index contributed by atoms with van der Waals surface area (Å²) in [6.07, 6.45) is 2.99. The lowest BCUT2D eigenvalue weighted by atomic mass is 10.1. The third kappa shape index (κ3) is 2.73. The van der Waals surface area contributed by atoms with Gasteiger partial charge in [0.15, 0.2) is 0 Å². The first-order valence-corrected chi connectivity index (χ1v) is 7.01. The van der Waals surface area contributed by atoms with Gasteiger partial charge in [0.2, 0.25) is 0 Å². The summed E-state index contributed by atoms with van der Waals surface area (Å²) in [6, 6.07) is 14.3. The van der Waals surface area contributed by atoms with Crippen molar-refractivity contribution in [1.82, 2.24) is 10.3 Å². The predicted molar refractivity (Wildman–Crippen MR) is 81.4 cm³/mol. The van der Waals surface area contributed by atoms with E-state index in [0.29, 0.717) is 0 Å². The highest BCUT2D eigenvalue weighted by Gasteiger charge is 2.06. The van der Waals surface area contributed by atoms with Gasteiger partial charge in [-0.2, -0.15) is 0 Å². The molecule has 0 saturated heterocycles. The fourth-order valence-electron chi connectivity index (χ4n) is 2.22. The molecule has 102 valence electrons. The molecule has 20 heavy (non-hydrogen) atoms. The molecule has 3 aromatic rings. The van der Waals surface area contributed by atoms with Crippen molar-refractivity contribution in [2.24, 2.45) is 0 Å². The molecule has 0 unspecified atom stereocenters. The largest absolute Gasteiger partial charge is 0.460 e. The molecule has 1 aromatic carbocycles. The molecular formula is C17H18N2O. The van der Waals surface area contributed by atoms with Crippen molar-refractivity contribution in [3.63, 3.8) is 0 Å². The molecule has 1 N–H and O–H groups in total. The van der Waals surface area contributed by atoms with Crippen molar-refractivity contribution in [2.75, 3.05) is 6.54 Å². The normalized spacial score (nSPS) is 11.1. The summed E-state index contributed by atoms with van der Waals surface area (Å²) < 4.78 is 5.86. The zero-order valence-electron chi connectivity index (χ0n) is 11.6. The number of nitrogens with zero attached hydrogens (tertiary/aromatic N) is 1. The van der Waals surface area contributed by atoms with Crippen LogP contribution in [0.25, 0.3) is 22.2 Å². The number of furan rings is 1. The molecule has 0 bridgehead atoms. The van der Waals surface area contributed by atoms with Gasteiger partial charge >= 0.3 is 0 Å². The maximum absolute atomic E-state index is 5.86. The Bertz CT molecular complexity index is 703. The molecule has 0 saturated carbocycles. The minimum Gasteiger partial charge on any atom is -0.460 e. The highest BCUT2D eigenvalue weighted by molar-refractivity contribution is 5.82. The van der Waals surface area contributed by atoms with Crippen LogP contribution < -0.4 is 5.32 Å². The molecule has 3 heteroatoms. The van der Waals surface area contributed by atoms with Crippen molar-refractivity contribution in [3.8, 4) is 11.3 Å². The van der Waals surface area contributed by atoms with Crippen molar-refractivity contribution in [2.45, 2.75) is 19.9 Å². The molecule has 2 heterocycles. The molecule has 3 rings (SSSR count). The molecule has 0 fully saturated rings. The van der Waals surface area contributed by atoms with Crippen molar-refractivity contribution in [3.05, 3.63) is 54.4 Å². The Morgan fingerprint density at radius 3 is 2.95 bits per heavy atom. The Balaban J connectivity index is 1.83. The van der Waals surface area contributed by atoms with E-state index in [1.165, 1.54) is 0 Å². The number of fused-ring (bicyclic) bond motifs is 1. The molecular weight excluding hydrogens is 248 g/mol. The predicted octanol–water partition coefficient (Wildman–Crippen LogP) is 3.99. The molecule has 0 amide bonds. The van der Waals surface area contributed by atoms with E-state index >= 15 is 0 Å². The van der Waals surface area contributed by atoms with Crippen LogP contribution in [0, 0.1) is 0 Å². The lowest BCUT2D eigenvalue weighted by molar-refractivity contribution is 0.493. The van der Waals surface area contributed by atoms with E-state index in [1.807, 2.05) is 36.5 Å². The fraction of sp³-hybridized carbons (Fsp3) is 0.235. The van der Waals surface area contributed by atoms with E-state index in [0.717, 1.165) is 47.5 Å². The first kappa shape index (κ1) is 12.9. The number of rotatable bonds is 5. The fourth-order valence-corrected chi connectivity index (χ4v) is 2.22. The monoisotopic (exact) mass is 266 g/mol. The van der Waals surface area contributed by atoms with Gasteiger partial charge in [0.25, 0.3) is 0 Å². The Hall–Kier alpha value is -2.13. The van der Waals surface area contributed by atoms with Gasteiger partial charge < -0.3 is 9.73 Å². The Labute approximate surface area is 118 Å². The maximum atomic E-state index is 5.86. The molecule has 0 aliphatic rings. The van der Waals surface area contributed by atoms with Gasteiger partial charge in [-0.25, -0.2) is 0 Å². The molecule has 0 aliphatic carbocycles. The zero-order chi connectivity index (χ0) is 13.8. The summed E-state index contributed by atoms with van der Waals surface area (Å²) >= 11 is 0. The lowest BCUT2D eigenvalue weighted by Gasteiger charge is -2.01. The van der Waals surface area contributed by atoms with Crippen molar-refractivity contribution in [1.29, 1.82) is 0 Å². The Morgan fingerprint density at radius 1 is 1.15 bits per heavy atom. The number of aromatic nitrogens is 1. The van der Waals surface area contributed by atoms with Gasteiger partial charge in [-0.05, 0) is 37.2 Å². The number of hydrogen-bond acceptors (Lipinski definition) is 3. The summed E-state index contributed by atoms with van der Waals surface area (Å²) in [6.45, 7) is 3.93. The second kappa shape index (κ2) is 5.88. The zero-order valence-corrected chi connectivity index (χ0v) is 11.6. The molecule has 0 aliphatic heterocycles. The number of hydrogen-bond donors (Lipinski definition) is 1. The van der Waals surface area contributed by atoms with Crippen LogP contribution in [-0.4, -0.2) is 11.5 Å². The quantitative estimate of drug-likeness (QED) is 0.709. The van der Waals surface area contributed by atoms with Gasteiger partial charge in [-0.1, -0.05) is 25.1 Å². The minimum atomic E-state index is 0.773. The maximum Gasteiger partial charge on any atom is 0.135 e. The summed E-state index contributed by atoms with van der Waals surface area (Å²) in [5.41, 5.74) is 2.03. The summed E-state index contributed by atoms with van der Waals surface area (Å²) in [5, 5.41) is 4.47. The summed E-state index contributed by atoms with van der Waals surface area (Å²) in [4.78, 5) is 4.47. The van der Waals surface area contributed by atoms with Crippen LogP contribution >= 0.6 is 0 Å². The summed E-state index contributed by atoms with van der Waals surface area (Å²) in [5.74, 6) is 1.83. The highest BCUT2D eigenvalue weighted by Crippen LogP contribution is 2.24. The Morgan fingerprint density at radius 2 is 2.05 bits per heavy atom. The number of pyridine rings is 1. The van der Waals surface area contributed by atoms with E-state index in [4.69, 9.17) is 4.42 Å². The number of benzene rings is 1. The topological polar surface area (TPSA) is 38.1 Å². The van der Waals surface area contributed by atoms with Crippen LogP contribution in [0.15, 0.2) is 53.1 Å².